The van der Waals surface area contributed by atoms with Crippen molar-refractivity contribution in [2.75, 3.05) is 0 Å². The van der Waals surface area contributed by atoms with E-state index in [1.807, 2.05) is 0 Å². The minimum absolute atomic E-state index is 0.0671. The molecule has 1 aromatic heterocycles. The first-order valence-corrected chi connectivity index (χ1v) is 10.9. The molecule has 4 nitrogen and oxygen atoms in total. The molecule has 3 atom stereocenters. The number of benzene rings is 3. The van der Waals surface area contributed by atoms with Gasteiger partial charge in [0.1, 0.15) is 6.23 Å². The molecule has 3 aromatic carbocycles. The zero-order valence-electron chi connectivity index (χ0n) is 16.7. The predicted octanol–water partition coefficient (Wildman–Crippen LogP) is 5.15. The van der Waals surface area contributed by atoms with E-state index in [4.69, 9.17) is 4.74 Å². The van der Waals surface area contributed by atoms with Crippen LogP contribution in [0.2, 0.25) is 0 Å². The molecular formula is C26H20N2O2. The van der Waals surface area contributed by atoms with E-state index in [1.54, 1.807) is 0 Å². The molecular weight excluding hydrogens is 372 g/mol. The summed E-state index contributed by atoms with van der Waals surface area (Å²) < 4.78 is 9.17. The van der Waals surface area contributed by atoms with Crippen LogP contribution >= 0.6 is 0 Å². The van der Waals surface area contributed by atoms with Crippen molar-refractivity contribution in [2.24, 2.45) is 0 Å². The highest BCUT2D eigenvalue weighted by Crippen LogP contribution is 2.59. The number of hydrogen-bond donors (Lipinski definition) is 1. The van der Waals surface area contributed by atoms with Crippen molar-refractivity contribution >= 4 is 27.7 Å². The average molecular weight is 392 g/mol. The third-order valence-electron chi connectivity index (χ3n) is 7.75. The van der Waals surface area contributed by atoms with Gasteiger partial charge in [-0.3, -0.25) is 4.79 Å². The van der Waals surface area contributed by atoms with Gasteiger partial charge < -0.3 is 14.6 Å². The quantitative estimate of drug-likeness (QED) is 0.450. The molecule has 1 amide bonds. The van der Waals surface area contributed by atoms with Crippen LogP contribution in [0.25, 0.3) is 32.9 Å². The van der Waals surface area contributed by atoms with Gasteiger partial charge in [-0.1, -0.05) is 42.0 Å². The number of para-hydroxylation sites is 1. The summed E-state index contributed by atoms with van der Waals surface area (Å²) in [5, 5.41) is 5.62. The molecule has 4 aromatic rings. The van der Waals surface area contributed by atoms with Crippen molar-refractivity contribution in [1.82, 2.24) is 9.88 Å². The molecule has 1 saturated heterocycles. The molecule has 4 heterocycles. The molecule has 0 spiro atoms. The maximum atomic E-state index is 13.1. The Morgan fingerprint density at radius 1 is 1.10 bits per heavy atom. The minimum Gasteiger partial charge on any atom is -0.354 e. The van der Waals surface area contributed by atoms with Crippen LogP contribution in [-0.2, 0) is 11.3 Å². The normalized spacial score (nSPS) is 25.0. The fourth-order valence-electron chi connectivity index (χ4n) is 6.72. The highest BCUT2D eigenvalue weighted by molar-refractivity contribution is 6.20. The van der Waals surface area contributed by atoms with Crippen LogP contribution < -0.4 is 5.32 Å². The smallest absolute Gasteiger partial charge is 0.252 e. The largest absolute Gasteiger partial charge is 0.354 e. The Morgan fingerprint density at radius 3 is 2.93 bits per heavy atom. The van der Waals surface area contributed by atoms with Crippen molar-refractivity contribution in [3.8, 4) is 11.1 Å². The van der Waals surface area contributed by atoms with Crippen LogP contribution in [0.3, 0.4) is 0 Å². The second-order valence-corrected chi connectivity index (χ2v) is 9.21. The third kappa shape index (κ3) is 1.58. The number of aryl methyl sites for hydroxylation is 1. The lowest BCUT2D eigenvalue weighted by Crippen LogP contribution is -2.16. The van der Waals surface area contributed by atoms with Crippen LogP contribution in [0.1, 0.15) is 57.6 Å². The SMILES string of the molecule is Cc1ccc2c(c1)[C@@H]1c3c-2c2c(c4c5ccccc5n(c34)[C@@H]3CC[C@H]1O3)CNC2=O. The molecule has 0 unspecified atom stereocenters. The van der Waals surface area contributed by atoms with Gasteiger partial charge in [0.2, 0.25) is 0 Å². The van der Waals surface area contributed by atoms with Crippen molar-refractivity contribution in [1.29, 1.82) is 0 Å². The molecule has 30 heavy (non-hydrogen) atoms. The van der Waals surface area contributed by atoms with Crippen LogP contribution in [0.15, 0.2) is 42.5 Å². The van der Waals surface area contributed by atoms with E-state index in [2.05, 4.69) is 59.3 Å². The van der Waals surface area contributed by atoms with Gasteiger partial charge >= 0.3 is 0 Å². The molecule has 8 rings (SSSR count). The first-order valence-electron chi connectivity index (χ1n) is 10.9. The highest BCUT2D eigenvalue weighted by Gasteiger charge is 2.48. The lowest BCUT2D eigenvalue weighted by atomic mass is 9.85. The van der Waals surface area contributed by atoms with Gasteiger partial charge in [-0.2, -0.15) is 0 Å². The number of fused-ring (bicyclic) bond motifs is 13. The molecule has 0 radical (unpaired) electrons. The van der Waals surface area contributed by atoms with Gasteiger partial charge in [0.15, 0.2) is 0 Å². The summed E-state index contributed by atoms with van der Waals surface area (Å²) >= 11 is 0. The number of nitrogens with zero attached hydrogens (tertiary/aromatic N) is 1. The Labute approximate surface area is 173 Å². The summed E-state index contributed by atoms with van der Waals surface area (Å²) in [5.41, 5.74) is 10.9. The van der Waals surface area contributed by atoms with Crippen molar-refractivity contribution in [2.45, 2.75) is 44.6 Å². The number of aromatic nitrogens is 1. The maximum Gasteiger partial charge on any atom is 0.252 e. The molecule has 4 aliphatic rings. The number of carbonyl (C=O) groups excluding carboxylic acids is 1. The Bertz CT molecular complexity index is 1480. The Morgan fingerprint density at radius 2 is 2.00 bits per heavy atom. The lowest BCUT2D eigenvalue weighted by molar-refractivity contribution is 0.00493. The highest BCUT2D eigenvalue weighted by atomic mass is 16.5. The molecule has 1 N–H and O–H groups in total. The number of hydrogen-bond acceptors (Lipinski definition) is 2. The Kier molecular flexibility index (Phi) is 2.59. The maximum absolute atomic E-state index is 13.1. The molecule has 146 valence electrons. The van der Waals surface area contributed by atoms with Crippen molar-refractivity contribution in [3.63, 3.8) is 0 Å². The van der Waals surface area contributed by atoms with Crippen LogP contribution in [0, 0.1) is 6.92 Å². The summed E-state index contributed by atoms with van der Waals surface area (Å²) in [6.45, 7) is 2.76. The van der Waals surface area contributed by atoms with E-state index in [1.165, 1.54) is 44.1 Å². The Balaban J connectivity index is 1.69. The van der Waals surface area contributed by atoms with Crippen molar-refractivity contribution in [3.05, 3.63) is 70.3 Å². The molecule has 4 heteroatoms. The zero-order valence-corrected chi connectivity index (χ0v) is 16.7. The number of rotatable bonds is 0. The topological polar surface area (TPSA) is 43.3 Å². The van der Waals surface area contributed by atoms with Gasteiger partial charge in [-0.15, -0.1) is 0 Å². The first kappa shape index (κ1) is 15.7. The monoisotopic (exact) mass is 392 g/mol. The van der Waals surface area contributed by atoms with Gasteiger partial charge in [-0.05, 0) is 48.1 Å². The fourth-order valence-corrected chi connectivity index (χ4v) is 6.72. The number of amides is 1. The zero-order chi connectivity index (χ0) is 19.7. The first-order chi connectivity index (χ1) is 14.7. The van der Waals surface area contributed by atoms with Gasteiger partial charge in [0.25, 0.3) is 5.91 Å². The lowest BCUT2D eigenvalue weighted by Gasteiger charge is -2.20. The number of carbonyl (C=O) groups is 1. The second kappa shape index (κ2) is 4.96. The van der Waals surface area contributed by atoms with Crippen LogP contribution in [0.4, 0.5) is 0 Å². The fraction of sp³-hybridized carbons (Fsp3) is 0.269. The number of nitrogens with one attached hydrogen (secondary N) is 1. The van der Waals surface area contributed by atoms with E-state index < -0.39 is 0 Å². The summed E-state index contributed by atoms with van der Waals surface area (Å²) in [6, 6.07) is 15.4. The van der Waals surface area contributed by atoms with E-state index in [0.717, 1.165) is 29.5 Å². The van der Waals surface area contributed by atoms with Gasteiger partial charge in [0, 0.05) is 28.8 Å². The summed E-state index contributed by atoms with van der Waals surface area (Å²) in [6.07, 6.45) is 2.34. The van der Waals surface area contributed by atoms with E-state index >= 15 is 0 Å². The third-order valence-corrected chi connectivity index (χ3v) is 7.75. The predicted molar refractivity (Wildman–Crippen MR) is 116 cm³/mol. The van der Waals surface area contributed by atoms with Gasteiger partial charge in [0.05, 0.1) is 22.7 Å². The second-order valence-electron chi connectivity index (χ2n) is 9.21. The summed E-state index contributed by atoms with van der Waals surface area (Å²) in [7, 11) is 0. The summed E-state index contributed by atoms with van der Waals surface area (Å²) in [5.74, 6) is 0.268. The van der Waals surface area contributed by atoms with Crippen LogP contribution in [-0.4, -0.2) is 16.6 Å². The van der Waals surface area contributed by atoms with E-state index in [9.17, 15) is 4.79 Å². The molecule has 3 aliphatic heterocycles. The van der Waals surface area contributed by atoms with E-state index in [0.29, 0.717) is 6.54 Å². The standard InChI is InChI=1S/C26H20N2O2/c1-12-6-7-13-15(10-12)21-18-8-9-19(30-18)28-17-5-3-2-4-14(17)20-16-11-27-26(29)23(16)22(13)24(21)25(20)28/h2-7,10,18-19,21H,8-9,11H2,1H3,(H,27,29)/t18-,19+,21+/m1/s1. The molecule has 2 bridgehead atoms. The van der Waals surface area contributed by atoms with Crippen LogP contribution in [0.5, 0.6) is 0 Å². The number of ether oxygens (including phenoxy) is 1. The molecule has 1 aliphatic carbocycles. The Hall–Kier alpha value is -3.11. The van der Waals surface area contributed by atoms with E-state index in [-0.39, 0.29) is 24.2 Å². The molecule has 1 fully saturated rings. The van der Waals surface area contributed by atoms with Crippen molar-refractivity contribution < 1.29 is 9.53 Å². The average Bonchev–Trinajstić information content (AvgIpc) is 3.46. The summed E-state index contributed by atoms with van der Waals surface area (Å²) in [4.78, 5) is 13.1. The minimum atomic E-state index is 0.0671. The molecule has 0 saturated carbocycles. The van der Waals surface area contributed by atoms with Gasteiger partial charge in [-0.25, -0.2) is 0 Å².